The van der Waals surface area contributed by atoms with Gasteiger partial charge in [-0.05, 0) is 42.3 Å². The number of hydrogen-bond acceptors (Lipinski definition) is 4. The summed E-state index contributed by atoms with van der Waals surface area (Å²) >= 11 is 3.00. The van der Waals surface area contributed by atoms with Crippen molar-refractivity contribution in [1.82, 2.24) is 4.98 Å². The van der Waals surface area contributed by atoms with Crippen LogP contribution in [0.1, 0.15) is 16.8 Å². The van der Waals surface area contributed by atoms with Crippen molar-refractivity contribution < 1.29 is 13.6 Å². The molecule has 1 amide bonds. The van der Waals surface area contributed by atoms with Gasteiger partial charge in [0.15, 0.2) is 0 Å². The van der Waals surface area contributed by atoms with Gasteiger partial charge in [-0.1, -0.05) is 30.0 Å². The molecule has 2 aromatic carbocycles. The third kappa shape index (κ3) is 5.12. The number of aryl methyl sites for hydroxylation is 1. The van der Waals surface area contributed by atoms with Crippen molar-refractivity contribution in [3.8, 4) is 0 Å². The largest absolute Gasteiger partial charge is 0.326 e. The smallest absolute Gasteiger partial charge is 0.230 e. The number of carbonyl (C=O) groups excluding carboxylic acids is 1. The predicted octanol–water partition coefficient (Wildman–Crippen LogP) is 5.20. The molecule has 0 radical (unpaired) electrons. The van der Waals surface area contributed by atoms with Crippen molar-refractivity contribution >= 4 is 34.7 Å². The molecule has 0 fully saturated rings. The molecule has 0 bridgehead atoms. The van der Waals surface area contributed by atoms with E-state index in [1.165, 1.54) is 41.3 Å². The second-order valence-corrected chi connectivity index (χ2v) is 7.79. The average molecular weight is 390 g/mol. The molecule has 134 valence electrons. The molecule has 1 heterocycles. The van der Waals surface area contributed by atoms with Crippen LogP contribution in [0.5, 0.6) is 0 Å². The molecule has 0 aliphatic heterocycles. The van der Waals surface area contributed by atoms with Gasteiger partial charge in [0.2, 0.25) is 5.91 Å². The Morgan fingerprint density at radius 1 is 1.19 bits per heavy atom. The highest BCUT2D eigenvalue weighted by molar-refractivity contribution is 8.00. The first-order valence-electron chi connectivity index (χ1n) is 7.87. The highest BCUT2D eigenvalue weighted by atomic mass is 32.2. The number of carbonyl (C=O) groups is 1. The number of anilines is 1. The van der Waals surface area contributed by atoms with E-state index in [1.807, 2.05) is 5.38 Å². The van der Waals surface area contributed by atoms with Gasteiger partial charge in [-0.3, -0.25) is 4.79 Å². The SMILES string of the molecule is Cc1ccc(NC(=O)Cc2csc(SCc3ccc(F)cc3)n2)cc1F. The third-order valence-electron chi connectivity index (χ3n) is 3.60. The van der Waals surface area contributed by atoms with E-state index in [9.17, 15) is 13.6 Å². The Morgan fingerprint density at radius 3 is 2.69 bits per heavy atom. The Hall–Kier alpha value is -2.25. The highest BCUT2D eigenvalue weighted by Crippen LogP contribution is 2.26. The van der Waals surface area contributed by atoms with Crippen molar-refractivity contribution in [3.05, 3.63) is 76.3 Å². The molecule has 0 aliphatic rings. The molecule has 0 atom stereocenters. The van der Waals surface area contributed by atoms with E-state index in [2.05, 4.69) is 10.3 Å². The van der Waals surface area contributed by atoms with Crippen LogP contribution < -0.4 is 5.32 Å². The Bertz CT molecular complexity index is 910. The molecule has 1 N–H and O–H groups in total. The van der Waals surface area contributed by atoms with Gasteiger partial charge >= 0.3 is 0 Å². The molecule has 0 saturated heterocycles. The second kappa shape index (κ2) is 8.42. The van der Waals surface area contributed by atoms with Gasteiger partial charge < -0.3 is 5.32 Å². The fourth-order valence-corrected chi connectivity index (χ4v) is 4.00. The summed E-state index contributed by atoms with van der Waals surface area (Å²) in [6.07, 6.45) is 0.128. The molecule has 3 aromatic rings. The third-order valence-corrected chi connectivity index (χ3v) is 5.74. The van der Waals surface area contributed by atoms with Crippen LogP contribution >= 0.6 is 23.1 Å². The monoisotopic (exact) mass is 390 g/mol. The standard InChI is InChI=1S/C19H16F2N2OS2/c1-12-2-7-15(8-17(12)21)22-18(24)9-16-11-26-19(23-16)25-10-13-3-5-14(20)6-4-13/h2-8,11H,9-10H2,1H3,(H,22,24). The molecule has 1 aromatic heterocycles. The topological polar surface area (TPSA) is 42.0 Å². The number of nitrogens with zero attached hydrogens (tertiary/aromatic N) is 1. The zero-order valence-electron chi connectivity index (χ0n) is 14.0. The molecule has 3 nitrogen and oxygen atoms in total. The molecule has 0 unspecified atom stereocenters. The van der Waals surface area contributed by atoms with Crippen molar-refractivity contribution in [1.29, 1.82) is 0 Å². The van der Waals surface area contributed by atoms with E-state index in [0.29, 0.717) is 22.7 Å². The minimum absolute atomic E-state index is 0.128. The van der Waals surface area contributed by atoms with Gasteiger partial charge in [0, 0.05) is 16.8 Å². The van der Waals surface area contributed by atoms with E-state index in [4.69, 9.17) is 0 Å². The van der Waals surface area contributed by atoms with Crippen LogP contribution in [0, 0.1) is 18.6 Å². The van der Waals surface area contributed by atoms with Crippen molar-refractivity contribution in [2.24, 2.45) is 0 Å². The van der Waals surface area contributed by atoms with Gasteiger partial charge in [-0.2, -0.15) is 0 Å². The van der Waals surface area contributed by atoms with Gasteiger partial charge in [0.25, 0.3) is 0 Å². The van der Waals surface area contributed by atoms with Crippen LogP contribution in [0.25, 0.3) is 0 Å². The number of rotatable bonds is 6. The molecule has 26 heavy (non-hydrogen) atoms. The lowest BCUT2D eigenvalue weighted by atomic mass is 10.2. The number of halogens is 2. The van der Waals surface area contributed by atoms with Crippen LogP contribution in [0.3, 0.4) is 0 Å². The van der Waals surface area contributed by atoms with Crippen LogP contribution in [-0.2, 0) is 17.0 Å². The molecule has 0 saturated carbocycles. The Morgan fingerprint density at radius 2 is 1.96 bits per heavy atom. The molecule has 7 heteroatoms. The highest BCUT2D eigenvalue weighted by Gasteiger charge is 2.10. The lowest BCUT2D eigenvalue weighted by Gasteiger charge is -2.05. The molecule has 3 rings (SSSR count). The molecule has 0 aliphatic carbocycles. The average Bonchev–Trinajstić information content (AvgIpc) is 3.05. The zero-order chi connectivity index (χ0) is 18.5. The summed E-state index contributed by atoms with van der Waals surface area (Å²) in [5.41, 5.74) is 2.64. The fourth-order valence-electron chi connectivity index (χ4n) is 2.20. The zero-order valence-corrected chi connectivity index (χ0v) is 15.6. The molecular weight excluding hydrogens is 374 g/mol. The number of hydrogen-bond donors (Lipinski definition) is 1. The van der Waals surface area contributed by atoms with E-state index in [0.717, 1.165) is 9.90 Å². The normalized spacial score (nSPS) is 10.7. The number of benzene rings is 2. The second-order valence-electron chi connectivity index (χ2n) is 5.71. The Balaban J connectivity index is 1.53. The van der Waals surface area contributed by atoms with Gasteiger partial charge in [0.05, 0.1) is 12.1 Å². The maximum absolute atomic E-state index is 13.5. The minimum Gasteiger partial charge on any atom is -0.326 e. The number of thioether (sulfide) groups is 1. The lowest BCUT2D eigenvalue weighted by Crippen LogP contribution is -2.14. The van der Waals surface area contributed by atoms with Gasteiger partial charge in [0.1, 0.15) is 16.0 Å². The number of aromatic nitrogens is 1. The van der Waals surface area contributed by atoms with Crippen LogP contribution in [0.2, 0.25) is 0 Å². The Labute approximate surface area is 158 Å². The lowest BCUT2D eigenvalue weighted by molar-refractivity contribution is -0.115. The number of amides is 1. The van der Waals surface area contributed by atoms with Crippen molar-refractivity contribution in [2.75, 3.05) is 5.32 Å². The van der Waals surface area contributed by atoms with Gasteiger partial charge in [-0.15, -0.1) is 11.3 Å². The van der Waals surface area contributed by atoms with Gasteiger partial charge in [-0.25, -0.2) is 13.8 Å². The summed E-state index contributed by atoms with van der Waals surface area (Å²) in [5, 5.41) is 4.51. The summed E-state index contributed by atoms with van der Waals surface area (Å²) in [4.78, 5) is 16.5. The number of nitrogens with one attached hydrogen (secondary N) is 1. The first-order chi connectivity index (χ1) is 12.5. The summed E-state index contributed by atoms with van der Waals surface area (Å²) < 4.78 is 27.3. The number of thiazole rings is 1. The van der Waals surface area contributed by atoms with Crippen LogP contribution in [0.15, 0.2) is 52.2 Å². The summed E-state index contributed by atoms with van der Waals surface area (Å²) in [5.74, 6) is -0.165. The van der Waals surface area contributed by atoms with E-state index in [-0.39, 0.29) is 24.0 Å². The van der Waals surface area contributed by atoms with Crippen LogP contribution in [0.4, 0.5) is 14.5 Å². The summed E-state index contributed by atoms with van der Waals surface area (Å²) in [6.45, 7) is 1.67. The fraction of sp³-hybridized carbons (Fsp3) is 0.158. The minimum atomic E-state index is -0.351. The molecular formula is C19H16F2N2OS2. The van der Waals surface area contributed by atoms with E-state index < -0.39 is 0 Å². The van der Waals surface area contributed by atoms with Crippen LogP contribution in [-0.4, -0.2) is 10.9 Å². The first-order valence-corrected chi connectivity index (χ1v) is 9.74. The maximum Gasteiger partial charge on any atom is 0.230 e. The van der Waals surface area contributed by atoms with E-state index in [1.54, 1.807) is 31.2 Å². The molecule has 0 spiro atoms. The van der Waals surface area contributed by atoms with Crippen molar-refractivity contribution in [2.45, 2.75) is 23.4 Å². The maximum atomic E-state index is 13.5. The summed E-state index contributed by atoms with van der Waals surface area (Å²) in [6, 6.07) is 10.9. The summed E-state index contributed by atoms with van der Waals surface area (Å²) in [7, 11) is 0. The first kappa shape index (κ1) is 18.5. The van der Waals surface area contributed by atoms with E-state index >= 15 is 0 Å². The predicted molar refractivity (Wildman–Crippen MR) is 102 cm³/mol. The Kier molecular flexibility index (Phi) is 6.00. The quantitative estimate of drug-likeness (QED) is 0.588. The van der Waals surface area contributed by atoms with Crippen molar-refractivity contribution in [3.63, 3.8) is 0 Å².